The molecular weight excluding hydrogens is 707 g/mol. The van der Waals surface area contributed by atoms with E-state index in [9.17, 15) is 27.6 Å². The number of likely N-dealkylation sites (tertiary alicyclic amines) is 2. The Morgan fingerprint density at radius 3 is 2.24 bits per heavy atom. The zero-order chi connectivity index (χ0) is 34.7. The van der Waals surface area contributed by atoms with Crippen LogP contribution < -0.4 is 16.7 Å². The van der Waals surface area contributed by atoms with Crippen LogP contribution in [-0.4, -0.2) is 81.9 Å². The van der Waals surface area contributed by atoms with Gasteiger partial charge in [0, 0.05) is 42.6 Å². The largest absolute Gasteiger partial charge is 0.436 e. The Labute approximate surface area is 290 Å². The smallest absolute Gasteiger partial charge is 0.418 e. The van der Waals surface area contributed by atoms with Crippen molar-refractivity contribution in [2.75, 3.05) is 45.0 Å². The van der Waals surface area contributed by atoms with E-state index in [2.05, 4.69) is 31.3 Å². The summed E-state index contributed by atoms with van der Waals surface area (Å²) < 4.78 is 48.7. The minimum atomic E-state index is -4.71. The number of alkyl halides is 3. The number of nitrogens with zero attached hydrogens (tertiary/aromatic N) is 4. The number of carbonyl (C=O) groups is 2. The summed E-state index contributed by atoms with van der Waals surface area (Å²) in [6, 6.07) is 11.4. The molecule has 0 bridgehead atoms. The van der Waals surface area contributed by atoms with Gasteiger partial charge in [0.2, 0.25) is 0 Å². The first-order chi connectivity index (χ1) is 23.5. The molecule has 2 amide bonds. The molecule has 0 radical (unpaired) electrons. The van der Waals surface area contributed by atoms with Crippen LogP contribution in [0.25, 0.3) is 11.4 Å². The van der Waals surface area contributed by atoms with Crippen molar-refractivity contribution >= 4 is 33.6 Å². The number of anilines is 1. The molecule has 6 rings (SSSR count). The number of ether oxygens (including phenoxy) is 1. The van der Waals surface area contributed by atoms with E-state index in [0.29, 0.717) is 43.6 Å². The topological polar surface area (TPSA) is 139 Å². The van der Waals surface area contributed by atoms with Crippen LogP contribution in [0.4, 0.5) is 23.7 Å². The number of nitrogens with two attached hydrogens (primary N) is 1. The monoisotopic (exact) mass is 747 g/mol. The first-order valence-electron chi connectivity index (χ1n) is 16.8. The second kappa shape index (κ2) is 15.0. The van der Waals surface area contributed by atoms with Gasteiger partial charge in [-0.1, -0.05) is 30.3 Å². The van der Waals surface area contributed by atoms with E-state index >= 15 is 0 Å². The molecule has 0 saturated carbocycles. The van der Waals surface area contributed by atoms with Crippen molar-refractivity contribution in [1.82, 2.24) is 29.9 Å². The molecule has 3 aromatic rings. The lowest BCUT2D eigenvalue weighted by Crippen LogP contribution is -2.49. The number of H-pyrrole nitrogens is 1. The Kier molecular flexibility index (Phi) is 10.7. The summed E-state index contributed by atoms with van der Waals surface area (Å²) in [6.07, 6.45) is -2.30. The van der Waals surface area contributed by atoms with Crippen LogP contribution in [-0.2, 0) is 22.1 Å². The van der Waals surface area contributed by atoms with Gasteiger partial charge in [0.15, 0.2) is 11.9 Å². The lowest BCUT2D eigenvalue weighted by molar-refractivity contribution is -0.142. The average Bonchev–Trinajstić information content (AvgIpc) is 3.51. The van der Waals surface area contributed by atoms with Gasteiger partial charge in [0.1, 0.15) is 0 Å². The summed E-state index contributed by atoms with van der Waals surface area (Å²) in [5, 5.41) is 7.87. The summed E-state index contributed by atoms with van der Waals surface area (Å²) in [7, 11) is 0. The fourth-order valence-electron chi connectivity index (χ4n) is 7.33. The van der Waals surface area contributed by atoms with Crippen LogP contribution in [0.5, 0.6) is 0 Å². The number of aromatic amines is 1. The number of aromatic nitrogens is 3. The van der Waals surface area contributed by atoms with E-state index in [1.54, 1.807) is 4.90 Å². The van der Waals surface area contributed by atoms with E-state index in [1.165, 1.54) is 15.6 Å². The predicted octanol–water partition coefficient (Wildman–Crippen LogP) is 5.22. The molecule has 1 atom stereocenters. The molecule has 15 heteroatoms. The highest BCUT2D eigenvalue weighted by Gasteiger charge is 2.38. The molecule has 4 heterocycles. The normalized spacial score (nSPS) is 19.2. The third-order valence-electron chi connectivity index (χ3n) is 10.1. The van der Waals surface area contributed by atoms with Crippen LogP contribution in [0, 0.1) is 11.8 Å². The molecule has 264 valence electrons. The summed E-state index contributed by atoms with van der Waals surface area (Å²) in [4.78, 5) is 46.1. The van der Waals surface area contributed by atoms with Gasteiger partial charge in [0.05, 0.1) is 17.3 Å². The molecule has 3 fully saturated rings. The Morgan fingerprint density at radius 1 is 0.959 bits per heavy atom. The van der Waals surface area contributed by atoms with E-state index in [1.807, 2.05) is 30.3 Å². The van der Waals surface area contributed by atoms with Crippen molar-refractivity contribution in [2.24, 2.45) is 11.8 Å². The van der Waals surface area contributed by atoms with Crippen LogP contribution in [0.2, 0.25) is 0 Å². The third kappa shape index (κ3) is 8.14. The number of benzene rings is 2. The Bertz CT molecular complexity index is 1680. The zero-order valence-electron chi connectivity index (χ0n) is 27.1. The minimum absolute atomic E-state index is 0.0451. The van der Waals surface area contributed by atoms with Crippen LogP contribution in [0.1, 0.15) is 55.7 Å². The first-order valence-corrected chi connectivity index (χ1v) is 17.6. The van der Waals surface area contributed by atoms with Crippen molar-refractivity contribution in [3.8, 4) is 11.4 Å². The van der Waals surface area contributed by atoms with Gasteiger partial charge < -0.3 is 25.6 Å². The van der Waals surface area contributed by atoms with Crippen LogP contribution in [0.3, 0.4) is 0 Å². The average molecular weight is 749 g/mol. The van der Waals surface area contributed by atoms with Gasteiger partial charge >= 0.3 is 18.0 Å². The Balaban J connectivity index is 1.14. The SMILES string of the molecule is Nc1c(Br)cc(C[C@@H](OC(=O)N2CCC(n3nc(-c4ccccc4)[nH]c3=O)CC2)C(=O)N2CCC(C3CCNCC3)CC2)cc1C(F)(F)F. The molecule has 0 spiro atoms. The number of rotatable bonds is 7. The van der Waals surface area contributed by atoms with Gasteiger partial charge in [0.25, 0.3) is 5.91 Å². The summed E-state index contributed by atoms with van der Waals surface area (Å²) in [5.74, 6) is 1.13. The maximum Gasteiger partial charge on any atom is 0.418 e. The third-order valence-corrected chi connectivity index (χ3v) is 10.7. The second-order valence-electron chi connectivity index (χ2n) is 13.2. The molecule has 1 aromatic heterocycles. The summed E-state index contributed by atoms with van der Waals surface area (Å²) in [5.41, 5.74) is 4.84. The van der Waals surface area contributed by atoms with Gasteiger partial charge in [-0.15, -0.1) is 5.10 Å². The number of hydrogen-bond acceptors (Lipinski definition) is 7. The molecule has 2 aromatic carbocycles. The highest BCUT2D eigenvalue weighted by Crippen LogP contribution is 2.38. The number of nitrogen functional groups attached to an aromatic ring is 1. The molecule has 49 heavy (non-hydrogen) atoms. The molecule has 3 aliphatic heterocycles. The number of hydrogen-bond donors (Lipinski definition) is 3. The van der Waals surface area contributed by atoms with E-state index in [-0.39, 0.29) is 41.3 Å². The van der Waals surface area contributed by atoms with Crippen molar-refractivity contribution in [1.29, 1.82) is 0 Å². The number of nitrogens with one attached hydrogen (secondary N) is 2. The molecule has 4 N–H and O–H groups in total. The fourth-order valence-corrected chi connectivity index (χ4v) is 7.84. The van der Waals surface area contributed by atoms with Gasteiger partial charge in [-0.3, -0.25) is 9.78 Å². The summed E-state index contributed by atoms with van der Waals surface area (Å²) in [6.45, 7) is 3.47. The quantitative estimate of drug-likeness (QED) is 0.282. The van der Waals surface area contributed by atoms with Gasteiger partial charge in [-0.2, -0.15) is 13.2 Å². The van der Waals surface area contributed by atoms with Crippen molar-refractivity contribution in [3.05, 3.63) is 68.5 Å². The maximum absolute atomic E-state index is 13.9. The number of carbonyl (C=O) groups excluding carboxylic acids is 2. The van der Waals surface area contributed by atoms with Gasteiger partial charge in [-0.05, 0) is 97.1 Å². The van der Waals surface area contributed by atoms with Crippen molar-refractivity contribution in [2.45, 2.75) is 63.3 Å². The van der Waals surface area contributed by atoms with Crippen LogP contribution >= 0.6 is 15.9 Å². The first kappa shape index (κ1) is 35.0. The van der Waals surface area contributed by atoms with Crippen molar-refractivity contribution in [3.63, 3.8) is 0 Å². The molecule has 3 saturated heterocycles. The zero-order valence-corrected chi connectivity index (χ0v) is 28.6. The molecular formula is C34H41BrF3N7O4. The standard InChI is InChI=1S/C34H41BrF3N7O4/c35-27-19-21(18-26(29(27)39)34(36,37)38)20-28(31(46)43-14-8-23(9-15-43)22-6-12-40-13-7-22)49-33(48)44-16-10-25(11-17-44)45-32(47)41-30(42-45)24-4-2-1-3-5-24/h1-5,18-19,22-23,25,28,40H,6-17,20,39H2,(H,41,42,47)/t28-/m1/s1. The number of halogens is 4. The fraction of sp³-hybridized carbons (Fsp3) is 0.529. The number of amides is 2. The maximum atomic E-state index is 13.9. The highest BCUT2D eigenvalue weighted by molar-refractivity contribution is 9.10. The van der Waals surface area contributed by atoms with Crippen LogP contribution in [0.15, 0.2) is 51.7 Å². The Hall–Kier alpha value is -3.85. The molecule has 0 unspecified atom stereocenters. The van der Waals surface area contributed by atoms with Gasteiger partial charge in [-0.25, -0.2) is 14.3 Å². The predicted molar refractivity (Wildman–Crippen MR) is 181 cm³/mol. The van der Waals surface area contributed by atoms with E-state index < -0.39 is 35.5 Å². The lowest BCUT2D eigenvalue weighted by Gasteiger charge is -2.39. The lowest BCUT2D eigenvalue weighted by atomic mass is 9.79. The Morgan fingerprint density at radius 2 is 1.59 bits per heavy atom. The molecule has 0 aliphatic carbocycles. The molecule has 3 aliphatic rings. The minimum Gasteiger partial charge on any atom is -0.436 e. The highest BCUT2D eigenvalue weighted by atomic mass is 79.9. The number of piperidine rings is 3. The van der Waals surface area contributed by atoms with E-state index in [4.69, 9.17) is 10.5 Å². The van der Waals surface area contributed by atoms with Crippen molar-refractivity contribution < 1.29 is 27.5 Å². The van der Waals surface area contributed by atoms with E-state index in [0.717, 1.165) is 50.4 Å². The summed E-state index contributed by atoms with van der Waals surface area (Å²) >= 11 is 3.12. The molecule has 11 nitrogen and oxygen atoms in total. The second-order valence-corrected chi connectivity index (χ2v) is 14.0.